The van der Waals surface area contributed by atoms with E-state index in [1.54, 1.807) is 0 Å². The number of halogens is 4. The lowest BCUT2D eigenvalue weighted by Gasteiger charge is -2.13. The summed E-state index contributed by atoms with van der Waals surface area (Å²) in [5, 5.41) is 12.5. The van der Waals surface area contributed by atoms with Crippen LogP contribution in [0.15, 0.2) is 36.4 Å². The Morgan fingerprint density at radius 1 is 0.957 bits per heavy atom. The molecule has 0 bridgehead atoms. The van der Waals surface area contributed by atoms with Gasteiger partial charge in [-0.2, -0.15) is 0 Å². The summed E-state index contributed by atoms with van der Waals surface area (Å²) < 4.78 is 57.0. The van der Waals surface area contributed by atoms with Gasteiger partial charge in [-0.1, -0.05) is 6.07 Å². The number of benzene rings is 2. The summed E-state index contributed by atoms with van der Waals surface area (Å²) in [6.07, 6.45) is -0.938. The highest BCUT2D eigenvalue weighted by atomic mass is 19.2. The van der Waals surface area contributed by atoms with Crippen LogP contribution in [0.25, 0.3) is 0 Å². The molecule has 2 rings (SSSR count). The van der Waals surface area contributed by atoms with E-state index in [-0.39, 0.29) is 31.0 Å². The summed E-state index contributed by atoms with van der Waals surface area (Å²) in [6.45, 7) is 0.0405. The van der Waals surface area contributed by atoms with Crippen molar-refractivity contribution in [2.24, 2.45) is 0 Å². The normalized spacial score (nSPS) is 12.2. The molecule has 2 N–H and O–H groups in total. The number of hydrogen-bond acceptors (Lipinski definition) is 3. The third-order valence-corrected chi connectivity index (χ3v) is 3.04. The molecule has 124 valence electrons. The molecule has 1 unspecified atom stereocenters. The van der Waals surface area contributed by atoms with Gasteiger partial charge in [-0.3, -0.25) is 0 Å². The molecule has 0 amide bonds. The maximum absolute atomic E-state index is 13.4. The molecule has 0 aliphatic rings. The van der Waals surface area contributed by atoms with Crippen LogP contribution >= 0.6 is 0 Å². The second-order valence-corrected chi connectivity index (χ2v) is 4.91. The largest absolute Gasteiger partial charge is 0.491 e. The standard InChI is InChI=1S/C16H15F4NO2/c17-11-2-1-10(15(19)5-11)7-21-8-12(22)9-23-13-3-4-14(18)16(20)6-13/h1-6,12,21-22H,7-9H2. The van der Waals surface area contributed by atoms with Crippen molar-refractivity contribution in [1.29, 1.82) is 0 Å². The van der Waals surface area contributed by atoms with Gasteiger partial charge in [0.05, 0.1) is 0 Å². The first kappa shape index (κ1) is 17.2. The third kappa shape index (κ3) is 5.22. The van der Waals surface area contributed by atoms with Crippen LogP contribution in [0.5, 0.6) is 5.75 Å². The topological polar surface area (TPSA) is 41.5 Å². The van der Waals surface area contributed by atoms with Crippen LogP contribution in [0.1, 0.15) is 5.56 Å². The summed E-state index contributed by atoms with van der Waals surface area (Å²) in [5.74, 6) is -3.27. The van der Waals surface area contributed by atoms with E-state index in [0.29, 0.717) is 0 Å². The Morgan fingerprint density at radius 2 is 1.74 bits per heavy atom. The monoisotopic (exact) mass is 329 g/mol. The molecule has 0 saturated heterocycles. The Kier molecular flexibility index (Phi) is 5.95. The van der Waals surface area contributed by atoms with Crippen LogP contribution in [-0.4, -0.2) is 24.4 Å². The lowest BCUT2D eigenvalue weighted by molar-refractivity contribution is 0.106. The summed E-state index contributed by atoms with van der Waals surface area (Å²) >= 11 is 0. The van der Waals surface area contributed by atoms with Crippen molar-refractivity contribution < 1.29 is 27.4 Å². The molecule has 0 aliphatic carbocycles. The van der Waals surface area contributed by atoms with E-state index >= 15 is 0 Å². The fraction of sp³-hybridized carbons (Fsp3) is 0.250. The Morgan fingerprint density at radius 3 is 2.43 bits per heavy atom. The minimum Gasteiger partial charge on any atom is -0.491 e. The number of aliphatic hydroxyl groups excluding tert-OH is 1. The van der Waals surface area contributed by atoms with Gasteiger partial charge in [0, 0.05) is 30.8 Å². The van der Waals surface area contributed by atoms with Crippen LogP contribution in [0.2, 0.25) is 0 Å². The number of nitrogens with one attached hydrogen (secondary N) is 1. The summed E-state index contributed by atoms with van der Waals surface area (Å²) in [5.41, 5.74) is 0.264. The quantitative estimate of drug-likeness (QED) is 0.768. The molecule has 0 saturated carbocycles. The SMILES string of the molecule is OC(CNCc1ccc(F)cc1F)COc1ccc(F)c(F)c1. The maximum Gasteiger partial charge on any atom is 0.162 e. The van der Waals surface area contributed by atoms with E-state index in [4.69, 9.17) is 4.74 Å². The summed E-state index contributed by atoms with van der Waals surface area (Å²) in [6, 6.07) is 6.27. The van der Waals surface area contributed by atoms with E-state index in [2.05, 4.69) is 5.32 Å². The highest BCUT2D eigenvalue weighted by molar-refractivity contribution is 5.23. The maximum atomic E-state index is 13.4. The Labute approximate surface area is 130 Å². The molecule has 2 aromatic carbocycles. The molecule has 7 heteroatoms. The lowest BCUT2D eigenvalue weighted by atomic mass is 10.2. The minimum absolute atomic E-state index is 0.0838. The van der Waals surface area contributed by atoms with E-state index in [9.17, 15) is 22.7 Å². The Bertz CT molecular complexity index is 667. The van der Waals surface area contributed by atoms with E-state index in [0.717, 1.165) is 24.3 Å². The van der Waals surface area contributed by atoms with Crippen molar-refractivity contribution in [2.75, 3.05) is 13.2 Å². The average Bonchev–Trinajstić information content (AvgIpc) is 2.50. The number of aliphatic hydroxyl groups is 1. The first-order chi connectivity index (χ1) is 11.0. The molecule has 0 heterocycles. The molecular formula is C16H15F4NO2. The van der Waals surface area contributed by atoms with E-state index in [1.165, 1.54) is 12.1 Å². The third-order valence-electron chi connectivity index (χ3n) is 3.04. The molecule has 0 aromatic heterocycles. The van der Waals surface area contributed by atoms with Gasteiger partial charge < -0.3 is 15.2 Å². The highest BCUT2D eigenvalue weighted by Crippen LogP contribution is 2.15. The van der Waals surface area contributed by atoms with Crippen LogP contribution in [0, 0.1) is 23.3 Å². The summed E-state index contributed by atoms with van der Waals surface area (Å²) in [7, 11) is 0. The smallest absolute Gasteiger partial charge is 0.162 e. The molecule has 0 radical (unpaired) electrons. The molecule has 0 aliphatic heterocycles. The summed E-state index contributed by atoms with van der Waals surface area (Å²) in [4.78, 5) is 0. The second-order valence-electron chi connectivity index (χ2n) is 4.91. The molecule has 3 nitrogen and oxygen atoms in total. The van der Waals surface area contributed by atoms with Crippen molar-refractivity contribution in [2.45, 2.75) is 12.6 Å². The van der Waals surface area contributed by atoms with Gasteiger partial charge in [-0.15, -0.1) is 0 Å². The molecule has 1 atom stereocenters. The van der Waals surface area contributed by atoms with Crippen LogP contribution in [0.4, 0.5) is 17.6 Å². The predicted molar refractivity (Wildman–Crippen MR) is 75.9 cm³/mol. The Hall–Kier alpha value is -2.12. The van der Waals surface area contributed by atoms with Crippen molar-refractivity contribution in [3.05, 3.63) is 65.2 Å². The van der Waals surface area contributed by atoms with Crippen LogP contribution in [0.3, 0.4) is 0 Å². The molecule has 23 heavy (non-hydrogen) atoms. The van der Waals surface area contributed by atoms with Gasteiger partial charge in [-0.25, -0.2) is 17.6 Å². The predicted octanol–water partition coefficient (Wildman–Crippen LogP) is 2.77. The van der Waals surface area contributed by atoms with Gasteiger partial charge in [0.15, 0.2) is 11.6 Å². The first-order valence-corrected chi connectivity index (χ1v) is 6.86. The fourth-order valence-corrected chi connectivity index (χ4v) is 1.86. The zero-order valence-corrected chi connectivity index (χ0v) is 12.0. The second kappa shape index (κ2) is 7.94. The van der Waals surface area contributed by atoms with E-state index in [1.807, 2.05) is 0 Å². The molecule has 2 aromatic rings. The van der Waals surface area contributed by atoms with Crippen molar-refractivity contribution in [3.8, 4) is 5.75 Å². The highest BCUT2D eigenvalue weighted by Gasteiger charge is 2.09. The lowest BCUT2D eigenvalue weighted by Crippen LogP contribution is -2.31. The number of ether oxygens (including phenoxy) is 1. The van der Waals surface area contributed by atoms with E-state index < -0.39 is 29.4 Å². The molecular weight excluding hydrogens is 314 g/mol. The first-order valence-electron chi connectivity index (χ1n) is 6.86. The van der Waals surface area contributed by atoms with Crippen molar-refractivity contribution in [3.63, 3.8) is 0 Å². The van der Waals surface area contributed by atoms with Gasteiger partial charge in [0.2, 0.25) is 0 Å². The zero-order chi connectivity index (χ0) is 16.8. The fourth-order valence-electron chi connectivity index (χ4n) is 1.86. The van der Waals surface area contributed by atoms with Gasteiger partial charge in [-0.05, 0) is 18.2 Å². The average molecular weight is 329 g/mol. The number of rotatable bonds is 7. The van der Waals surface area contributed by atoms with Gasteiger partial charge in [0.1, 0.15) is 30.1 Å². The van der Waals surface area contributed by atoms with Gasteiger partial charge >= 0.3 is 0 Å². The van der Waals surface area contributed by atoms with Crippen molar-refractivity contribution in [1.82, 2.24) is 5.32 Å². The van der Waals surface area contributed by atoms with Crippen molar-refractivity contribution >= 4 is 0 Å². The molecule has 0 spiro atoms. The zero-order valence-electron chi connectivity index (χ0n) is 12.0. The Balaban J connectivity index is 1.74. The minimum atomic E-state index is -1.04. The molecule has 0 fully saturated rings. The van der Waals surface area contributed by atoms with Crippen LogP contribution in [-0.2, 0) is 6.54 Å². The van der Waals surface area contributed by atoms with Gasteiger partial charge in [0.25, 0.3) is 0 Å². The van der Waals surface area contributed by atoms with Crippen LogP contribution < -0.4 is 10.1 Å². The number of hydrogen-bond donors (Lipinski definition) is 2.